The van der Waals surface area contributed by atoms with E-state index < -0.39 is 16.1 Å². The van der Waals surface area contributed by atoms with Gasteiger partial charge in [0.15, 0.2) is 0 Å². The number of aryl methyl sites for hydroxylation is 4. The van der Waals surface area contributed by atoms with Crippen molar-refractivity contribution in [3.8, 4) is 0 Å². The molecule has 0 radical (unpaired) electrons. The van der Waals surface area contributed by atoms with Crippen LogP contribution in [0.4, 0.5) is 11.4 Å². The highest BCUT2D eigenvalue weighted by Gasteiger charge is 2.32. The minimum Gasteiger partial charge on any atom is -0.324 e. The molecule has 2 aromatic rings. The molecule has 0 aliphatic heterocycles. The summed E-state index contributed by atoms with van der Waals surface area (Å²) in [4.78, 5) is 13.0. The molecule has 1 amide bonds. The Morgan fingerprint density at radius 2 is 1.59 bits per heavy atom. The summed E-state index contributed by atoms with van der Waals surface area (Å²) in [6.07, 6.45) is 1.49. The summed E-state index contributed by atoms with van der Waals surface area (Å²) in [6, 6.07) is 10.5. The van der Waals surface area contributed by atoms with Crippen molar-refractivity contribution in [2.75, 3.05) is 15.9 Å². The second kappa shape index (κ2) is 8.13. The molecule has 0 saturated heterocycles. The third-order valence-corrected chi connectivity index (χ3v) is 5.61. The number of nitrogens with zero attached hydrogens (tertiary/aromatic N) is 1. The number of hydrogen-bond donors (Lipinski definition) is 1. The van der Waals surface area contributed by atoms with E-state index in [0.29, 0.717) is 17.8 Å². The average Bonchev–Trinajstić information content (AvgIpc) is 2.52. The lowest BCUT2D eigenvalue weighted by Gasteiger charge is -2.30. The number of carbonyl (C=O) groups excluding carboxylic acids is 1. The zero-order valence-electron chi connectivity index (χ0n) is 16.8. The Bertz CT molecular complexity index is 932. The first-order valence-corrected chi connectivity index (χ1v) is 10.8. The summed E-state index contributed by atoms with van der Waals surface area (Å²) in [5, 5.41) is 2.89. The number of anilines is 2. The molecule has 0 aromatic heterocycles. The monoisotopic (exact) mass is 388 g/mol. The Labute approximate surface area is 162 Å². The molecule has 0 aliphatic rings. The van der Waals surface area contributed by atoms with Crippen LogP contribution in [0.5, 0.6) is 0 Å². The normalized spacial score (nSPS) is 12.5. The number of amides is 1. The topological polar surface area (TPSA) is 66.5 Å². The average molecular weight is 389 g/mol. The van der Waals surface area contributed by atoms with Crippen LogP contribution in [0.25, 0.3) is 0 Å². The van der Waals surface area contributed by atoms with Gasteiger partial charge < -0.3 is 5.32 Å². The summed E-state index contributed by atoms with van der Waals surface area (Å²) in [6.45, 7) is 9.54. The van der Waals surface area contributed by atoms with Gasteiger partial charge in [-0.3, -0.25) is 9.10 Å². The molecular weight excluding hydrogens is 360 g/mol. The minimum atomic E-state index is -3.64. The molecule has 5 nitrogen and oxygen atoms in total. The van der Waals surface area contributed by atoms with Gasteiger partial charge in [0.2, 0.25) is 15.9 Å². The highest BCUT2D eigenvalue weighted by Crippen LogP contribution is 2.26. The van der Waals surface area contributed by atoms with Gasteiger partial charge in [-0.15, -0.1) is 0 Å². The van der Waals surface area contributed by atoms with Crippen molar-refractivity contribution in [1.82, 2.24) is 0 Å². The molecule has 2 aromatic carbocycles. The van der Waals surface area contributed by atoms with Crippen molar-refractivity contribution in [3.63, 3.8) is 0 Å². The molecule has 0 heterocycles. The number of hydrogen-bond acceptors (Lipinski definition) is 3. The summed E-state index contributed by atoms with van der Waals surface area (Å²) in [5.41, 5.74) is 5.14. The molecular formula is C21H28N2O3S. The van der Waals surface area contributed by atoms with Gasteiger partial charge in [-0.25, -0.2) is 8.42 Å². The third kappa shape index (κ3) is 5.10. The highest BCUT2D eigenvalue weighted by atomic mass is 32.2. The molecule has 6 heteroatoms. The molecule has 0 bridgehead atoms. The Balaban J connectivity index is 2.44. The first-order valence-electron chi connectivity index (χ1n) is 8.98. The maximum atomic E-state index is 13.0. The minimum absolute atomic E-state index is 0.339. The zero-order chi connectivity index (χ0) is 20.4. The number of carbonyl (C=O) groups is 1. The maximum Gasteiger partial charge on any atom is 0.248 e. The van der Waals surface area contributed by atoms with Crippen LogP contribution in [0.1, 0.15) is 35.6 Å². The first-order chi connectivity index (χ1) is 12.5. The van der Waals surface area contributed by atoms with Crippen molar-refractivity contribution in [1.29, 1.82) is 0 Å². The Kier molecular flexibility index (Phi) is 6.31. The Morgan fingerprint density at radius 3 is 2.07 bits per heavy atom. The van der Waals surface area contributed by atoms with Gasteiger partial charge >= 0.3 is 0 Å². The number of rotatable bonds is 6. The SMILES string of the molecule is CC[C@H](C(=O)Nc1ccc(C)cc1C)N(c1cc(C)cc(C)c1)S(C)(=O)=O. The molecule has 27 heavy (non-hydrogen) atoms. The van der Waals surface area contributed by atoms with E-state index in [1.165, 1.54) is 4.31 Å². The van der Waals surface area contributed by atoms with Crippen LogP contribution < -0.4 is 9.62 Å². The van der Waals surface area contributed by atoms with E-state index >= 15 is 0 Å². The second-order valence-electron chi connectivity index (χ2n) is 7.14. The smallest absolute Gasteiger partial charge is 0.248 e. The van der Waals surface area contributed by atoms with E-state index in [9.17, 15) is 13.2 Å². The highest BCUT2D eigenvalue weighted by molar-refractivity contribution is 7.92. The van der Waals surface area contributed by atoms with E-state index in [0.717, 1.165) is 28.5 Å². The third-order valence-electron chi connectivity index (χ3n) is 4.43. The number of nitrogens with one attached hydrogen (secondary N) is 1. The van der Waals surface area contributed by atoms with Crippen molar-refractivity contribution in [2.24, 2.45) is 0 Å². The molecule has 1 atom stereocenters. The lowest BCUT2D eigenvalue weighted by atomic mass is 10.1. The molecule has 0 unspecified atom stereocenters. The second-order valence-corrected chi connectivity index (χ2v) is 9.00. The van der Waals surface area contributed by atoms with Gasteiger partial charge in [0, 0.05) is 5.69 Å². The van der Waals surface area contributed by atoms with E-state index in [4.69, 9.17) is 0 Å². The lowest BCUT2D eigenvalue weighted by Crippen LogP contribution is -2.47. The quantitative estimate of drug-likeness (QED) is 0.810. The maximum absolute atomic E-state index is 13.0. The van der Waals surface area contributed by atoms with Crippen LogP contribution in [0.15, 0.2) is 36.4 Å². The van der Waals surface area contributed by atoms with Crippen LogP contribution in [0.3, 0.4) is 0 Å². The van der Waals surface area contributed by atoms with Crippen molar-refractivity contribution >= 4 is 27.3 Å². The Morgan fingerprint density at radius 1 is 1.00 bits per heavy atom. The fourth-order valence-electron chi connectivity index (χ4n) is 3.31. The zero-order valence-corrected chi connectivity index (χ0v) is 17.6. The van der Waals surface area contributed by atoms with Crippen molar-refractivity contribution in [2.45, 2.75) is 47.1 Å². The number of benzene rings is 2. The van der Waals surface area contributed by atoms with Crippen molar-refractivity contribution in [3.05, 3.63) is 58.7 Å². The van der Waals surface area contributed by atoms with Crippen LogP contribution in [0, 0.1) is 27.7 Å². The Hall–Kier alpha value is -2.34. The molecule has 146 valence electrons. The van der Waals surface area contributed by atoms with E-state index in [2.05, 4.69) is 5.32 Å². The summed E-state index contributed by atoms with van der Waals surface area (Å²) < 4.78 is 26.4. The van der Waals surface area contributed by atoms with Gasteiger partial charge in [-0.2, -0.15) is 0 Å². The summed E-state index contributed by atoms with van der Waals surface area (Å²) in [7, 11) is -3.64. The van der Waals surface area contributed by atoms with Crippen molar-refractivity contribution < 1.29 is 13.2 Å². The molecule has 0 aliphatic carbocycles. The van der Waals surface area contributed by atoms with Gasteiger partial charge in [-0.1, -0.05) is 30.7 Å². The van der Waals surface area contributed by atoms with Crippen LogP contribution in [0.2, 0.25) is 0 Å². The molecule has 2 rings (SSSR count). The van der Waals surface area contributed by atoms with Crippen LogP contribution >= 0.6 is 0 Å². The lowest BCUT2D eigenvalue weighted by molar-refractivity contribution is -0.117. The summed E-state index contributed by atoms with van der Waals surface area (Å²) in [5.74, 6) is -0.339. The standard InChI is InChI=1S/C21H28N2O3S/c1-7-20(21(24)22-19-9-8-14(2)11-17(19)5)23(27(6,25)26)18-12-15(3)10-16(4)13-18/h8-13,20H,7H2,1-6H3,(H,22,24)/t20-/m1/s1. The fourth-order valence-corrected chi connectivity index (χ4v) is 4.50. The predicted molar refractivity (Wildman–Crippen MR) is 112 cm³/mol. The number of sulfonamides is 1. The predicted octanol–water partition coefficient (Wildman–Crippen LogP) is 4.10. The molecule has 0 saturated carbocycles. The van der Waals surface area contributed by atoms with Crippen LogP contribution in [-0.2, 0) is 14.8 Å². The van der Waals surface area contributed by atoms with E-state index in [1.807, 2.05) is 58.9 Å². The first kappa shape index (κ1) is 21.0. The fraction of sp³-hybridized carbons (Fsp3) is 0.381. The molecule has 0 spiro atoms. The van der Waals surface area contributed by atoms with Gasteiger partial charge in [0.25, 0.3) is 0 Å². The van der Waals surface area contributed by atoms with Crippen LogP contribution in [-0.4, -0.2) is 26.6 Å². The van der Waals surface area contributed by atoms with Gasteiger partial charge in [0.1, 0.15) is 6.04 Å². The largest absolute Gasteiger partial charge is 0.324 e. The molecule has 1 N–H and O–H groups in total. The van der Waals surface area contributed by atoms with Gasteiger partial charge in [0.05, 0.1) is 11.9 Å². The summed E-state index contributed by atoms with van der Waals surface area (Å²) >= 11 is 0. The van der Waals surface area contributed by atoms with E-state index in [-0.39, 0.29) is 5.91 Å². The van der Waals surface area contributed by atoms with Gasteiger partial charge in [-0.05, 0) is 69.0 Å². The molecule has 0 fully saturated rings. The van der Waals surface area contributed by atoms with E-state index in [1.54, 1.807) is 12.1 Å².